The van der Waals surface area contributed by atoms with Crippen LogP contribution in [0.1, 0.15) is 9.68 Å². The molecule has 0 aliphatic rings. The Morgan fingerprint density at radius 2 is 1.94 bits per heavy atom. The third-order valence-electron chi connectivity index (χ3n) is 2.52. The summed E-state index contributed by atoms with van der Waals surface area (Å²) in [5, 5.41) is 1.99. The molecular formula is C14H14O2S. The lowest BCUT2D eigenvalue weighted by atomic mass is 10.0. The van der Waals surface area contributed by atoms with E-state index < -0.39 is 21.8 Å². The van der Waals surface area contributed by atoms with Crippen molar-refractivity contribution in [3.63, 3.8) is 0 Å². The summed E-state index contributed by atoms with van der Waals surface area (Å²) < 4.78 is 44.4. The van der Waals surface area contributed by atoms with Gasteiger partial charge >= 0.3 is 0 Å². The predicted molar refractivity (Wildman–Crippen MR) is 72.7 cm³/mol. The molecule has 2 rings (SSSR count). The van der Waals surface area contributed by atoms with Crippen molar-refractivity contribution in [3.8, 4) is 0 Å². The van der Waals surface area contributed by atoms with E-state index in [1.807, 2.05) is 36.4 Å². The first-order valence-corrected chi connectivity index (χ1v) is 6.75. The molecule has 0 N–H and O–H groups in total. The summed E-state index contributed by atoms with van der Waals surface area (Å²) in [4.78, 5) is 0. The zero-order valence-corrected chi connectivity index (χ0v) is 10.00. The van der Waals surface area contributed by atoms with Crippen LogP contribution in [-0.4, -0.2) is 20.4 Å². The zero-order chi connectivity index (χ0) is 15.0. The Bertz CT molecular complexity index is 761. The molecule has 0 saturated heterocycles. The minimum atomic E-state index is -4.20. The van der Waals surface area contributed by atoms with Gasteiger partial charge in [0.05, 0.1) is 5.75 Å². The molecule has 0 fully saturated rings. The summed E-state index contributed by atoms with van der Waals surface area (Å²) in [6.45, 7) is 3.70. The van der Waals surface area contributed by atoms with Crippen LogP contribution in [0.5, 0.6) is 0 Å². The molecule has 2 aromatic rings. The molecule has 0 heterocycles. The van der Waals surface area contributed by atoms with Gasteiger partial charge in [0.2, 0.25) is 0 Å². The van der Waals surface area contributed by atoms with E-state index >= 15 is 0 Å². The largest absolute Gasteiger partial charge is 0.229 e. The van der Waals surface area contributed by atoms with E-state index in [1.165, 1.54) is 0 Å². The topological polar surface area (TPSA) is 34.1 Å². The van der Waals surface area contributed by atoms with Crippen LogP contribution in [0.15, 0.2) is 49.0 Å². The quantitative estimate of drug-likeness (QED) is 0.838. The maximum Gasteiger partial charge on any atom is 0.151 e. The second-order valence-electron chi connectivity index (χ2n) is 3.92. The maximum absolute atomic E-state index is 11.7. The highest BCUT2D eigenvalue weighted by atomic mass is 32.2. The molecule has 17 heavy (non-hydrogen) atoms. The Kier molecular flexibility index (Phi) is 2.16. The second kappa shape index (κ2) is 4.34. The first kappa shape index (κ1) is 8.48. The van der Waals surface area contributed by atoms with E-state index in [9.17, 15) is 8.42 Å². The van der Waals surface area contributed by atoms with Gasteiger partial charge in [0.15, 0.2) is 9.84 Å². The maximum atomic E-state index is 11.7. The first-order chi connectivity index (χ1) is 9.21. The first-order valence-electron chi connectivity index (χ1n) is 6.60. The van der Waals surface area contributed by atoms with E-state index in [0.717, 1.165) is 10.8 Å². The van der Waals surface area contributed by atoms with Crippen LogP contribution in [0, 0.1) is 0 Å². The fourth-order valence-corrected chi connectivity index (χ4v) is 2.35. The normalized spacial score (nSPS) is 14.9. The predicted octanol–water partition coefficient (Wildman–Crippen LogP) is 2.90. The fourth-order valence-electron chi connectivity index (χ4n) is 1.72. The fraction of sp³-hybridized carbons (Fsp3) is 0.143. The lowest BCUT2D eigenvalue weighted by molar-refractivity contribution is 0.605. The highest BCUT2D eigenvalue weighted by Crippen LogP contribution is 2.21. The van der Waals surface area contributed by atoms with E-state index in [1.54, 1.807) is 6.07 Å². The standard InChI is InChI=1S/C14H14O2S/c1-11(10-17(2,15)16)13-8-7-12-5-3-4-6-14(12)9-13/h3-9H,1,10H2,2H3/i2D3. The Hall–Kier alpha value is -1.61. The zero-order valence-electron chi connectivity index (χ0n) is 12.2. The summed E-state index contributed by atoms with van der Waals surface area (Å²) in [7, 11) is -4.20. The monoisotopic (exact) mass is 249 g/mol. The lowest BCUT2D eigenvalue weighted by Gasteiger charge is -2.06. The average molecular weight is 249 g/mol. The van der Waals surface area contributed by atoms with Crippen molar-refractivity contribution in [1.29, 1.82) is 0 Å². The second-order valence-corrected chi connectivity index (χ2v) is 5.44. The van der Waals surface area contributed by atoms with Crippen molar-refractivity contribution >= 4 is 26.2 Å². The van der Waals surface area contributed by atoms with E-state index in [-0.39, 0.29) is 5.57 Å². The molecule has 2 aromatic carbocycles. The van der Waals surface area contributed by atoms with Gasteiger partial charge in [-0.15, -0.1) is 0 Å². The van der Waals surface area contributed by atoms with Crippen LogP contribution in [0.25, 0.3) is 16.3 Å². The van der Waals surface area contributed by atoms with Crippen molar-refractivity contribution in [3.05, 3.63) is 54.6 Å². The van der Waals surface area contributed by atoms with Gasteiger partial charge in [-0.3, -0.25) is 0 Å². The van der Waals surface area contributed by atoms with Crippen LogP contribution < -0.4 is 0 Å². The lowest BCUT2D eigenvalue weighted by Crippen LogP contribution is -2.04. The minimum Gasteiger partial charge on any atom is -0.229 e. The highest BCUT2D eigenvalue weighted by molar-refractivity contribution is 7.91. The van der Waals surface area contributed by atoms with Gasteiger partial charge in [0, 0.05) is 10.3 Å². The van der Waals surface area contributed by atoms with Gasteiger partial charge < -0.3 is 0 Å². The van der Waals surface area contributed by atoms with Crippen molar-refractivity contribution in [2.24, 2.45) is 0 Å². The molecule has 0 aliphatic heterocycles. The Morgan fingerprint density at radius 1 is 1.24 bits per heavy atom. The molecule has 3 heteroatoms. The van der Waals surface area contributed by atoms with Gasteiger partial charge in [-0.05, 0) is 28.0 Å². The molecule has 2 nitrogen and oxygen atoms in total. The van der Waals surface area contributed by atoms with Crippen molar-refractivity contribution in [2.45, 2.75) is 0 Å². The molecule has 0 aliphatic carbocycles. The molecule has 0 aromatic heterocycles. The number of sulfone groups is 1. The molecule has 0 bridgehead atoms. The number of fused-ring (bicyclic) bond motifs is 1. The van der Waals surface area contributed by atoms with Crippen molar-refractivity contribution < 1.29 is 12.5 Å². The average Bonchev–Trinajstić information content (AvgIpc) is 2.36. The summed E-state index contributed by atoms with van der Waals surface area (Å²) in [6, 6.07) is 13.1. The summed E-state index contributed by atoms with van der Waals surface area (Å²) >= 11 is 0. The van der Waals surface area contributed by atoms with Crippen LogP contribution in [-0.2, 0) is 9.84 Å². The van der Waals surface area contributed by atoms with Crippen molar-refractivity contribution in [1.82, 2.24) is 0 Å². The van der Waals surface area contributed by atoms with E-state index in [2.05, 4.69) is 6.58 Å². The smallest absolute Gasteiger partial charge is 0.151 e. The molecule has 0 unspecified atom stereocenters. The molecule has 0 atom stereocenters. The van der Waals surface area contributed by atoms with E-state index in [4.69, 9.17) is 4.11 Å². The molecule has 0 spiro atoms. The van der Waals surface area contributed by atoms with E-state index in [0.29, 0.717) is 5.56 Å². The SMILES string of the molecule is [2H]C([2H])([2H])S(=O)(=O)CC(=C)c1ccc2ccccc2c1. The number of benzene rings is 2. The van der Waals surface area contributed by atoms with Gasteiger partial charge in [0.25, 0.3) is 0 Å². The van der Waals surface area contributed by atoms with Crippen LogP contribution >= 0.6 is 0 Å². The molecule has 0 saturated carbocycles. The van der Waals surface area contributed by atoms with Crippen LogP contribution in [0.4, 0.5) is 0 Å². The third-order valence-corrected chi connectivity index (χ3v) is 3.25. The molecular weight excluding hydrogens is 232 g/mol. The number of hydrogen-bond donors (Lipinski definition) is 0. The third kappa shape index (κ3) is 2.94. The van der Waals surface area contributed by atoms with Gasteiger partial charge in [0.1, 0.15) is 0 Å². The minimum absolute atomic E-state index is 0.284. The van der Waals surface area contributed by atoms with Crippen LogP contribution in [0.2, 0.25) is 0 Å². The Labute approximate surface area is 106 Å². The number of rotatable bonds is 3. The Morgan fingerprint density at radius 3 is 2.65 bits per heavy atom. The molecule has 0 amide bonds. The summed E-state index contributed by atoms with van der Waals surface area (Å²) in [5.41, 5.74) is 0.920. The van der Waals surface area contributed by atoms with Gasteiger partial charge in [-0.1, -0.05) is 43.0 Å². The summed E-state index contributed by atoms with van der Waals surface area (Å²) in [6.07, 6.45) is -3.01. The number of hydrogen-bond acceptors (Lipinski definition) is 2. The van der Waals surface area contributed by atoms with Gasteiger partial charge in [-0.25, -0.2) is 8.42 Å². The van der Waals surface area contributed by atoms with Crippen LogP contribution in [0.3, 0.4) is 0 Å². The summed E-state index contributed by atoms with van der Waals surface area (Å²) in [5.74, 6) is -0.568. The molecule has 88 valence electrons. The highest BCUT2D eigenvalue weighted by Gasteiger charge is 2.07. The van der Waals surface area contributed by atoms with Gasteiger partial charge in [-0.2, -0.15) is 0 Å². The molecule has 0 radical (unpaired) electrons. The Balaban J connectivity index is 2.33. The van der Waals surface area contributed by atoms with Crippen molar-refractivity contribution in [2.75, 3.05) is 11.9 Å².